The average molecular weight is 394 g/mol. The molecule has 0 rings (SSSR count). The fraction of sp³-hybridized carbons (Fsp3) is 0.609. The second kappa shape index (κ2) is 14.8. The van der Waals surface area contributed by atoms with Crippen LogP contribution in [-0.4, -0.2) is 40.9 Å². The summed E-state index contributed by atoms with van der Waals surface area (Å²) in [5.74, 6) is -0.499. The van der Waals surface area contributed by atoms with E-state index in [4.69, 9.17) is 0 Å². The van der Waals surface area contributed by atoms with E-state index >= 15 is 0 Å². The van der Waals surface area contributed by atoms with Crippen LogP contribution in [0, 0.1) is 0 Å². The number of hydrogen-bond acceptors (Lipinski definition) is 3. The zero-order valence-corrected chi connectivity index (χ0v) is 19.0. The van der Waals surface area contributed by atoms with E-state index in [9.17, 15) is 9.90 Å². The van der Waals surface area contributed by atoms with Crippen LogP contribution >= 0.6 is 12.6 Å². The zero-order valence-electron chi connectivity index (χ0n) is 18.1. The van der Waals surface area contributed by atoms with Crippen molar-refractivity contribution in [1.29, 1.82) is 0 Å². The minimum atomic E-state index is -0.809. The number of carbonyl (C=O) groups is 1. The number of carboxylic acid groups (broad SMARTS) is 1. The summed E-state index contributed by atoms with van der Waals surface area (Å²) in [5.41, 5.74) is 5.26. The van der Waals surface area contributed by atoms with Gasteiger partial charge in [0.05, 0.1) is 0 Å². The molecule has 4 heteroatoms. The van der Waals surface area contributed by atoms with Crippen molar-refractivity contribution in [3.8, 4) is 0 Å². The minimum Gasteiger partial charge on any atom is -0.480 e. The molecular formula is C23H39NO2S. The molecule has 0 aromatic carbocycles. The summed E-state index contributed by atoms with van der Waals surface area (Å²) in [5, 5.41) is 9.53. The van der Waals surface area contributed by atoms with E-state index in [2.05, 4.69) is 78.5 Å². The van der Waals surface area contributed by atoms with Crippen molar-refractivity contribution in [2.24, 2.45) is 0 Å². The molecule has 0 radical (unpaired) electrons. The standard InChI is InChI=1S/C23H39NO2S/c1-18(2)9-7-11-20(5)13-15-24(22(17-27)23(25)26)16-14-21(6)12-8-10-19(3)4/h9-10,13-14,22,27H,7-8,11-12,15-17H2,1-6H3,(H,25,26)/b20-13+,21-14+. The highest BCUT2D eigenvalue weighted by Crippen LogP contribution is 2.11. The molecule has 1 unspecified atom stereocenters. The molecule has 0 aliphatic rings. The van der Waals surface area contributed by atoms with Gasteiger partial charge in [0.15, 0.2) is 0 Å². The number of thiol groups is 1. The quantitative estimate of drug-likeness (QED) is 0.295. The van der Waals surface area contributed by atoms with Crippen molar-refractivity contribution in [3.05, 3.63) is 46.6 Å². The Morgan fingerprint density at radius 3 is 1.56 bits per heavy atom. The number of aliphatic carboxylic acids is 1. The van der Waals surface area contributed by atoms with Gasteiger partial charge in [-0.15, -0.1) is 0 Å². The Hall–Kier alpha value is -1.26. The third kappa shape index (κ3) is 13.5. The Balaban J connectivity index is 4.95. The predicted molar refractivity (Wildman–Crippen MR) is 122 cm³/mol. The summed E-state index contributed by atoms with van der Waals surface area (Å²) >= 11 is 4.26. The van der Waals surface area contributed by atoms with Crippen LogP contribution in [0.4, 0.5) is 0 Å². The molecule has 3 nitrogen and oxygen atoms in total. The summed E-state index contributed by atoms with van der Waals surface area (Å²) in [6.07, 6.45) is 12.9. The molecule has 0 aromatic heterocycles. The molecule has 0 spiro atoms. The van der Waals surface area contributed by atoms with Gasteiger partial charge in [-0.05, 0) is 67.2 Å². The average Bonchev–Trinajstić information content (AvgIpc) is 2.56. The van der Waals surface area contributed by atoms with Gasteiger partial charge in [-0.3, -0.25) is 9.69 Å². The van der Waals surface area contributed by atoms with Gasteiger partial charge in [0.25, 0.3) is 0 Å². The Morgan fingerprint density at radius 1 is 0.852 bits per heavy atom. The fourth-order valence-electron chi connectivity index (χ4n) is 2.61. The molecule has 0 saturated carbocycles. The maximum Gasteiger partial charge on any atom is 0.321 e. The summed E-state index contributed by atoms with van der Waals surface area (Å²) in [6.45, 7) is 13.9. The van der Waals surface area contributed by atoms with Crippen LogP contribution in [0.15, 0.2) is 46.6 Å². The van der Waals surface area contributed by atoms with Crippen LogP contribution < -0.4 is 0 Å². The lowest BCUT2D eigenvalue weighted by Gasteiger charge is -2.26. The van der Waals surface area contributed by atoms with Gasteiger partial charge < -0.3 is 5.11 Å². The van der Waals surface area contributed by atoms with Crippen molar-refractivity contribution in [2.45, 2.75) is 73.3 Å². The molecule has 0 saturated heterocycles. The molecule has 0 aromatic rings. The van der Waals surface area contributed by atoms with Gasteiger partial charge in [-0.1, -0.05) is 46.6 Å². The van der Waals surface area contributed by atoms with Crippen molar-refractivity contribution < 1.29 is 9.90 Å². The second-order valence-corrected chi connectivity index (χ2v) is 8.10. The van der Waals surface area contributed by atoms with Crippen LogP contribution in [0.2, 0.25) is 0 Å². The van der Waals surface area contributed by atoms with E-state index in [1.165, 1.54) is 22.3 Å². The predicted octanol–water partition coefficient (Wildman–Crippen LogP) is 6.06. The molecule has 154 valence electrons. The third-order valence-electron chi connectivity index (χ3n) is 4.43. The Morgan fingerprint density at radius 2 is 1.26 bits per heavy atom. The normalized spacial score (nSPS) is 13.5. The van der Waals surface area contributed by atoms with Crippen molar-refractivity contribution in [3.63, 3.8) is 0 Å². The largest absolute Gasteiger partial charge is 0.480 e. The highest BCUT2D eigenvalue weighted by molar-refractivity contribution is 7.80. The van der Waals surface area contributed by atoms with Gasteiger partial charge in [0.1, 0.15) is 6.04 Å². The third-order valence-corrected chi connectivity index (χ3v) is 4.78. The summed E-state index contributed by atoms with van der Waals surface area (Å²) in [7, 11) is 0. The first-order valence-electron chi connectivity index (χ1n) is 9.83. The molecule has 0 aliphatic carbocycles. The lowest BCUT2D eigenvalue weighted by atomic mass is 10.1. The van der Waals surface area contributed by atoms with E-state index in [-0.39, 0.29) is 0 Å². The highest BCUT2D eigenvalue weighted by Gasteiger charge is 2.22. The first-order chi connectivity index (χ1) is 12.7. The first-order valence-corrected chi connectivity index (χ1v) is 10.5. The van der Waals surface area contributed by atoms with Gasteiger partial charge in [0, 0.05) is 18.8 Å². The monoisotopic (exact) mass is 393 g/mol. The van der Waals surface area contributed by atoms with Crippen molar-refractivity contribution in [1.82, 2.24) is 4.90 Å². The fourth-order valence-corrected chi connectivity index (χ4v) is 2.99. The summed E-state index contributed by atoms with van der Waals surface area (Å²) in [4.78, 5) is 13.6. The van der Waals surface area contributed by atoms with Crippen molar-refractivity contribution in [2.75, 3.05) is 18.8 Å². The molecule has 1 N–H and O–H groups in total. The lowest BCUT2D eigenvalue weighted by molar-refractivity contribution is -0.142. The van der Waals surface area contributed by atoms with E-state index in [0.29, 0.717) is 18.8 Å². The smallest absolute Gasteiger partial charge is 0.321 e. The van der Waals surface area contributed by atoms with Crippen LogP contribution in [0.1, 0.15) is 67.2 Å². The van der Waals surface area contributed by atoms with Crippen LogP contribution in [0.5, 0.6) is 0 Å². The maximum atomic E-state index is 11.6. The number of allylic oxidation sites excluding steroid dienone is 6. The zero-order chi connectivity index (χ0) is 20.8. The van der Waals surface area contributed by atoms with E-state index in [0.717, 1.165) is 25.7 Å². The van der Waals surface area contributed by atoms with Gasteiger partial charge in [-0.25, -0.2) is 0 Å². The first kappa shape index (κ1) is 25.7. The highest BCUT2D eigenvalue weighted by atomic mass is 32.1. The van der Waals surface area contributed by atoms with E-state index in [1.807, 2.05) is 4.90 Å². The van der Waals surface area contributed by atoms with Gasteiger partial charge in [0.2, 0.25) is 0 Å². The number of nitrogens with zero attached hydrogens (tertiary/aromatic N) is 1. The van der Waals surface area contributed by atoms with Crippen LogP contribution in [-0.2, 0) is 4.79 Å². The summed E-state index contributed by atoms with van der Waals surface area (Å²) in [6, 6.07) is -0.572. The maximum absolute atomic E-state index is 11.6. The van der Waals surface area contributed by atoms with Gasteiger partial charge >= 0.3 is 5.97 Å². The second-order valence-electron chi connectivity index (χ2n) is 7.73. The Labute approximate surface area is 172 Å². The number of carboxylic acids is 1. The molecule has 1 atom stereocenters. The molecule has 0 bridgehead atoms. The Kier molecular flexibility index (Phi) is 14.1. The SMILES string of the molecule is CC(C)=CCC/C(C)=C/CN(C/C=C(\C)CCC=C(C)C)C(CS)C(=O)O. The molecule has 0 aliphatic heterocycles. The lowest BCUT2D eigenvalue weighted by Crippen LogP contribution is -2.43. The molecule has 0 amide bonds. The van der Waals surface area contributed by atoms with E-state index < -0.39 is 12.0 Å². The van der Waals surface area contributed by atoms with Crippen LogP contribution in [0.25, 0.3) is 0 Å². The minimum absolute atomic E-state index is 0.310. The summed E-state index contributed by atoms with van der Waals surface area (Å²) < 4.78 is 0. The molecule has 0 heterocycles. The molecule has 0 fully saturated rings. The topological polar surface area (TPSA) is 40.5 Å². The molecule has 27 heavy (non-hydrogen) atoms. The van der Waals surface area contributed by atoms with Gasteiger partial charge in [-0.2, -0.15) is 12.6 Å². The van der Waals surface area contributed by atoms with Crippen LogP contribution in [0.3, 0.4) is 0 Å². The van der Waals surface area contributed by atoms with Crippen molar-refractivity contribution >= 4 is 18.6 Å². The number of hydrogen-bond donors (Lipinski definition) is 2. The Bertz CT molecular complexity index is 525. The van der Waals surface area contributed by atoms with E-state index in [1.54, 1.807) is 0 Å². The number of rotatable bonds is 13. The molecular weight excluding hydrogens is 354 g/mol.